The smallest absolute Gasteiger partial charge is 0.240 e. The monoisotopic (exact) mass is 257 g/mol. The standard InChI is InChI=1S/C13H27N3O2/c1-4-5-9-18-10-8-16-7-6-14-11-12(16)13(17)15(2)3/h12,14H,4-11H2,1-3H3. The average molecular weight is 257 g/mol. The van der Waals surface area contributed by atoms with Crippen LogP contribution in [-0.2, 0) is 9.53 Å². The van der Waals surface area contributed by atoms with Crippen LogP contribution in [0.1, 0.15) is 19.8 Å². The highest BCUT2D eigenvalue weighted by Crippen LogP contribution is 2.05. The Morgan fingerprint density at radius 1 is 1.44 bits per heavy atom. The van der Waals surface area contributed by atoms with Crippen molar-refractivity contribution in [3.63, 3.8) is 0 Å². The molecule has 0 aromatic rings. The summed E-state index contributed by atoms with van der Waals surface area (Å²) in [6, 6.07) is -0.0384. The van der Waals surface area contributed by atoms with Crippen LogP contribution < -0.4 is 5.32 Å². The maximum atomic E-state index is 12.0. The highest BCUT2D eigenvalue weighted by molar-refractivity contribution is 5.81. The van der Waals surface area contributed by atoms with Crippen molar-refractivity contribution in [3.8, 4) is 0 Å². The molecule has 0 saturated carbocycles. The Morgan fingerprint density at radius 3 is 2.89 bits per heavy atom. The zero-order chi connectivity index (χ0) is 13.4. The third-order valence-corrected chi connectivity index (χ3v) is 3.25. The molecule has 1 heterocycles. The van der Waals surface area contributed by atoms with Crippen molar-refractivity contribution in [1.29, 1.82) is 0 Å². The minimum Gasteiger partial charge on any atom is -0.380 e. The highest BCUT2D eigenvalue weighted by atomic mass is 16.5. The molecule has 18 heavy (non-hydrogen) atoms. The predicted molar refractivity (Wildman–Crippen MR) is 72.7 cm³/mol. The van der Waals surface area contributed by atoms with E-state index >= 15 is 0 Å². The Kier molecular flexibility index (Phi) is 7.23. The molecule has 1 rings (SSSR count). The van der Waals surface area contributed by atoms with E-state index in [2.05, 4.69) is 17.1 Å². The first-order valence-electron chi connectivity index (χ1n) is 6.90. The Labute approximate surface area is 110 Å². The lowest BCUT2D eigenvalue weighted by atomic mass is 10.1. The van der Waals surface area contributed by atoms with Gasteiger partial charge in [0.15, 0.2) is 0 Å². The molecule has 1 aliphatic rings. The number of hydrogen-bond acceptors (Lipinski definition) is 4. The van der Waals surface area contributed by atoms with E-state index in [0.717, 1.165) is 52.2 Å². The van der Waals surface area contributed by atoms with Gasteiger partial charge in [-0.25, -0.2) is 0 Å². The predicted octanol–water partition coefficient (Wildman–Crippen LogP) is 0.165. The molecule has 1 saturated heterocycles. The molecule has 0 radical (unpaired) electrons. The molecular formula is C13H27N3O2. The molecule has 106 valence electrons. The van der Waals surface area contributed by atoms with Gasteiger partial charge >= 0.3 is 0 Å². The molecule has 1 aliphatic heterocycles. The van der Waals surface area contributed by atoms with Gasteiger partial charge in [0.25, 0.3) is 0 Å². The molecule has 0 aromatic carbocycles. The maximum absolute atomic E-state index is 12.0. The van der Waals surface area contributed by atoms with Gasteiger partial charge in [-0.15, -0.1) is 0 Å². The first kappa shape index (κ1) is 15.4. The van der Waals surface area contributed by atoms with E-state index in [-0.39, 0.29) is 11.9 Å². The van der Waals surface area contributed by atoms with Crippen molar-refractivity contribution in [2.75, 3.05) is 53.5 Å². The van der Waals surface area contributed by atoms with Crippen molar-refractivity contribution in [2.45, 2.75) is 25.8 Å². The zero-order valence-electron chi connectivity index (χ0n) is 11.9. The van der Waals surface area contributed by atoms with Gasteiger partial charge in [-0.2, -0.15) is 0 Å². The maximum Gasteiger partial charge on any atom is 0.240 e. The zero-order valence-corrected chi connectivity index (χ0v) is 11.9. The van der Waals surface area contributed by atoms with Gasteiger partial charge in [0, 0.05) is 46.9 Å². The Morgan fingerprint density at radius 2 is 2.22 bits per heavy atom. The van der Waals surface area contributed by atoms with E-state index < -0.39 is 0 Å². The summed E-state index contributed by atoms with van der Waals surface area (Å²) in [7, 11) is 3.62. The number of nitrogens with one attached hydrogen (secondary N) is 1. The van der Waals surface area contributed by atoms with Crippen LogP contribution in [0.3, 0.4) is 0 Å². The van der Waals surface area contributed by atoms with E-state index in [1.807, 2.05) is 14.1 Å². The van der Waals surface area contributed by atoms with Crippen LogP contribution in [0.4, 0.5) is 0 Å². The number of likely N-dealkylation sites (N-methyl/N-ethyl adjacent to an activating group) is 1. The van der Waals surface area contributed by atoms with E-state index in [0.29, 0.717) is 0 Å². The number of amides is 1. The van der Waals surface area contributed by atoms with Crippen LogP contribution in [0.15, 0.2) is 0 Å². The van der Waals surface area contributed by atoms with Crippen LogP contribution in [0.5, 0.6) is 0 Å². The highest BCUT2D eigenvalue weighted by Gasteiger charge is 2.29. The summed E-state index contributed by atoms with van der Waals surface area (Å²) in [5.74, 6) is 0.177. The van der Waals surface area contributed by atoms with Crippen molar-refractivity contribution in [2.24, 2.45) is 0 Å². The lowest BCUT2D eigenvalue weighted by Crippen LogP contribution is -2.58. The minimum atomic E-state index is -0.0384. The molecule has 1 atom stereocenters. The van der Waals surface area contributed by atoms with E-state index in [1.54, 1.807) is 4.90 Å². The number of carbonyl (C=O) groups excluding carboxylic acids is 1. The topological polar surface area (TPSA) is 44.8 Å². The largest absolute Gasteiger partial charge is 0.380 e. The summed E-state index contributed by atoms with van der Waals surface area (Å²) < 4.78 is 5.58. The lowest BCUT2D eigenvalue weighted by Gasteiger charge is -2.36. The number of nitrogens with zero attached hydrogens (tertiary/aromatic N) is 2. The average Bonchev–Trinajstić information content (AvgIpc) is 2.38. The van der Waals surface area contributed by atoms with Crippen molar-refractivity contribution in [3.05, 3.63) is 0 Å². The minimum absolute atomic E-state index is 0.0384. The first-order chi connectivity index (χ1) is 8.66. The van der Waals surface area contributed by atoms with E-state index in [1.165, 1.54) is 0 Å². The quantitative estimate of drug-likeness (QED) is 0.660. The number of rotatable bonds is 7. The summed E-state index contributed by atoms with van der Waals surface area (Å²) in [6.07, 6.45) is 2.27. The summed E-state index contributed by atoms with van der Waals surface area (Å²) >= 11 is 0. The molecule has 1 unspecified atom stereocenters. The summed E-state index contributed by atoms with van der Waals surface area (Å²) in [6.45, 7) is 7.16. The van der Waals surface area contributed by atoms with E-state index in [4.69, 9.17) is 4.74 Å². The van der Waals surface area contributed by atoms with Gasteiger partial charge in [-0.05, 0) is 6.42 Å². The molecule has 0 spiro atoms. The number of hydrogen-bond donors (Lipinski definition) is 1. The second-order valence-electron chi connectivity index (χ2n) is 4.95. The lowest BCUT2D eigenvalue weighted by molar-refractivity contribution is -0.135. The van der Waals surface area contributed by atoms with Crippen molar-refractivity contribution >= 4 is 5.91 Å². The molecule has 5 nitrogen and oxygen atoms in total. The first-order valence-corrected chi connectivity index (χ1v) is 6.90. The van der Waals surface area contributed by atoms with Crippen LogP contribution in [-0.4, -0.2) is 75.2 Å². The Bertz CT molecular complexity index is 246. The van der Waals surface area contributed by atoms with Crippen LogP contribution >= 0.6 is 0 Å². The molecule has 5 heteroatoms. The number of unbranched alkanes of at least 4 members (excludes halogenated alkanes) is 1. The molecule has 1 N–H and O–H groups in total. The molecule has 1 fully saturated rings. The van der Waals surface area contributed by atoms with Crippen LogP contribution in [0.25, 0.3) is 0 Å². The third kappa shape index (κ3) is 4.92. The number of piperazine rings is 1. The molecule has 0 aliphatic carbocycles. The van der Waals surface area contributed by atoms with Gasteiger partial charge < -0.3 is 15.0 Å². The van der Waals surface area contributed by atoms with Crippen LogP contribution in [0, 0.1) is 0 Å². The van der Waals surface area contributed by atoms with E-state index in [9.17, 15) is 4.79 Å². The van der Waals surface area contributed by atoms with Gasteiger partial charge in [0.2, 0.25) is 5.91 Å². The summed E-state index contributed by atoms with van der Waals surface area (Å²) in [4.78, 5) is 15.9. The van der Waals surface area contributed by atoms with Gasteiger partial charge in [-0.3, -0.25) is 9.69 Å². The van der Waals surface area contributed by atoms with Gasteiger partial charge in [0.1, 0.15) is 6.04 Å². The van der Waals surface area contributed by atoms with Crippen LogP contribution in [0.2, 0.25) is 0 Å². The Hall–Kier alpha value is -0.650. The molecule has 0 aromatic heterocycles. The fourth-order valence-electron chi connectivity index (χ4n) is 2.09. The number of carbonyl (C=O) groups is 1. The fourth-order valence-corrected chi connectivity index (χ4v) is 2.09. The summed E-state index contributed by atoms with van der Waals surface area (Å²) in [5.41, 5.74) is 0. The molecule has 1 amide bonds. The van der Waals surface area contributed by atoms with Gasteiger partial charge in [0.05, 0.1) is 6.61 Å². The SMILES string of the molecule is CCCCOCCN1CCNCC1C(=O)N(C)C. The van der Waals surface area contributed by atoms with Crippen molar-refractivity contribution in [1.82, 2.24) is 15.1 Å². The fraction of sp³-hybridized carbons (Fsp3) is 0.923. The Balaban J connectivity index is 2.33. The number of ether oxygens (including phenoxy) is 1. The normalized spacial score (nSPS) is 20.9. The second-order valence-corrected chi connectivity index (χ2v) is 4.95. The second kappa shape index (κ2) is 8.45. The molecule has 0 bridgehead atoms. The van der Waals surface area contributed by atoms with Gasteiger partial charge in [-0.1, -0.05) is 13.3 Å². The molecular weight excluding hydrogens is 230 g/mol. The third-order valence-electron chi connectivity index (χ3n) is 3.25. The van der Waals surface area contributed by atoms with Crippen molar-refractivity contribution < 1.29 is 9.53 Å². The summed E-state index contributed by atoms with van der Waals surface area (Å²) in [5, 5.41) is 3.28.